The third-order valence-electron chi connectivity index (χ3n) is 5.81. The third-order valence-corrected chi connectivity index (χ3v) is 6.38. The van der Waals surface area contributed by atoms with E-state index in [1.54, 1.807) is 23.1 Å². The standard InChI is InChI=1S/C25H25BrFN5O4/c1-16(23(33)30-22-8-7-20(15-28-22)36-19-5-3-18(27)4-6-19)31-9-11-32(12-10-31)25(34)17-13-21(26)24(35-2)29-14-17/h3-8,13-16H,9-12H2,1-2H3,(H,28,30,33). The molecule has 2 amide bonds. The van der Waals surface area contributed by atoms with Gasteiger partial charge in [-0.1, -0.05) is 0 Å². The number of pyridine rings is 2. The van der Waals surface area contributed by atoms with Crippen LogP contribution in [0.25, 0.3) is 0 Å². The van der Waals surface area contributed by atoms with Gasteiger partial charge in [-0.25, -0.2) is 14.4 Å². The summed E-state index contributed by atoms with van der Waals surface area (Å²) >= 11 is 3.36. The van der Waals surface area contributed by atoms with Crippen molar-refractivity contribution in [1.29, 1.82) is 0 Å². The smallest absolute Gasteiger partial charge is 0.255 e. The van der Waals surface area contributed by atoms with Crippen molar-refractivity contribution in [1.82, 2.24) is 19.8 Å². The monoisotopic (exact) mass is 557 g/mol. The van der Waals surface area contributed by atoms with Crippen LogP contribution in [0.5, 0.6) is 17.4 Å². The molecule has 3 aromatic rings. The number of hydrogen-bond acceptors (Lipinski definition) is 7. The molecule has 0 spiro atoms. The number of piperazine rings is 1. The number of aromatic nitrogens is 2. The second kappa shape index (κ2) is 11.4. The molecule has 0 saturated carbocycles. The van der Waals surface area contributed by atoms with Gasteiger partial charge < -0.3 is 19.7 Å². The zero-order valence-electron chi connectivity index (χ0n) is 19.8. The van der Waals surface area contributed by atoms with Crippen molar-refractivity contribution >= 4 is 33.6 Å². The fraction of sp³-hybridized carbons (Fsp3) is 0.280. The molecule has 11 heteroatoms. The molecule has 0 bridgehead atoms. The Bertz CT molecular complexity index is 1220. The molecule has 2 aromatic heterocycles. The van der Waals surface area contributed by atoms with Crippen molar-refractivity contribution in [2.45, 2.75) is 13.0 Å². The molecular weight excluding hydrogens is 533 g/mol. The van der Waals surface area contributed by atoms with E-state index in [9.17, 15) is 14.0 Å². The minimum Gasteiger partial charge on any atom is -0.480 e. The summed E-state index contributed by atoms with van der Waals surface area (Å²) in [6, 6.07) is 10.3. The fourth-order valence-corrected chi connectivity index (χ4v) is 4.25. The van der Waals surface area contributed by atoms with Crippen molar-refractivity contribution in [3.63, 3.8) is 0 Å². The number of benzene rings is 1. The lowest BCUT2D eigenvalue weighted by Gasteiger charge is -2.37. The number of ether oxygens (including phenoxy) is 2. The van der Waals surface area contributed by atoms with Gasteiger partial charge in [-0.3, -0.25) is 14.5 Å². The van der Waals surface area contributed by atoms with E-state index in [2.05, 4.69) is 31.2 Å². The largest absolute Gasteiger partial charge is 0.480 e. The van der Waals surface area contributed by atoms with Crippen molar-refractivity contribution < 1.29 is 23.5 Å². The average molecular weight is 558 g/mol. The average Bonchev–Trinajstić information content (AvgIpc) is 2.90. The minimum atomic E-state index is -0.406. The first-order valence-corrected chi connectivity index (χ1v) is 12.1. The Morgan fingerprint density at radius 2 is 1.72 bits per heavy atom. The Kier molecular flexibility index (Phi) is 8.11. The summed E-state index contributed by atoms with van der Waals surface area (Å²) in [6.07, 6.45) is 2.98. The fourth-order valence-electron chi connectivity index (χ4n) is 3.74. The SMILES string of the molecule is COc1ncc(C(=O)N2CCN(C(C)C(=O)Nc3ccc(Oc4ccc(F)cc4)cn3)CC2)cc1Br. The summed E-state index contributed by atoms with van der Waals surface area (Å²) in [5.74, 6) is 1.10. The van der Waals surface area contributed by atoms with Crippen LogP contribution in [0.15, 0.2) is 59.3 Å². The number of nitrogens with one attached hydrogen (secondary N) is 1. The lowest BCUT2D eigenvalue weighted by molar-refractivity contribution is -0.121. The summed E-state index contributed by atoms with van der Waals surface area (Å²) in [5, 5.41) is 2.81. The number of amides is 2. The molecule has 188 valence electrons. The topological polar surface area (TPSA) is 96.9 Å². The molecule has 36 heavy (non-hydrogen) atoms. The highest BCUT2D eigenvalue weighted by atomic mass is 79.9. The predicted molar refractivity (Wildman–Crippen MR) is 135 cm³/mol. The summed E-state index contributed by atoms with van der Waals surface area (Å²) in [7, 11) is 1.51. The first-order valence-electron chi connectivity index (χ1n) is 11.3. The van der Waals surface area contributed by atoms with E-state index < -0.39 is 6.04 Å². The van der Waals surface area contributed by atoms with Gasteiger partial charge in [-0.2, -0.15) is 0 Å². The molecule has 9 nitrogen and oxygen atoms in total. The van der Waals surface area contributed by atoms with Crippen molar-refractivity contribution in [3.05, 3.63) is 70.7 Å². The highest BCUT2D eigenvalue weighted by molar-refractivity contribution is 9.10. The number of hydrogen-bond donors (Lipinski definition) is 1. The number of carbonyl (C=O) groups is 2. The van der Waals surface area contributed by atoms with Crippen LogP contribution < -0.4 is 14.8 Å². The molecule has 1 aromatic carbocycles. The van der Waals surface area contributed by atoms with Gasteiger partial charge in [0.2, 0.25) is 11.8 Å². The van der Waals surface area contributed by atoms with Gasteiger partial charge in [0.25, 0.3) is 5.91 Å². The van der Waals surface area contributed by atoms with E-state index >= 15 is 0 Å². The van der Waals surface area contributed by atoms with Gasteiger partial charge in [-0.15, -0.1) is 0 Å². The molecule has 1 fully saturated rings. The van der Waals surface area contributed by atoms with Crippen molar-refractivity contribution in [2.75, 3.05) is 38.6 Å². The molecule has 4 rings (SSSR count). The Labute approximate surface area is 216 Å². The molecule has 1 saturated heterocycles. The van der Waals surface area contributed by atoms with Gasteiger partial charge in [0.15, 0.2) is 0 Å². The zero-order chi connectivity index (χ0) is 25.7. The quantitative estimate of drug-likeness (QED) is 0.469. The van der Waals surface area contributed by atoms with Crippen LogP contribution in [0.3, 0.4) is 0 Å². The maximum Gasteiger partial charge on any atom is 0.255 e. The molecule has 1 aliphatic rings. The lowest BCUT2D eigenvalue weighted by atomic mass is 10.2. The summed E-state index contributed by atoms with van der Waals surface area (Å²) < 4.78 is 24.4. The van der Waals surface area contributed by atoms with Gasteiger partial charge in [0.1, 0.15) is 23.1 Å². The highest BCUT2D eigenvalue weighted by Crippen LogP contribution is 2.24. The molecule has 0 aliphatic carbocycles. The molecule has 3 heterocycles. The third kappa shape index (κ3) is 6.16. The lowest BCUT2D eigenvalue weighted by Crippen LogP contribution is -2.54. The Balaban J connectivity index is 1.27. The number of methoxy groups -OCH3 is 1. The maximum absolute atomic E-state index is 13.0. The van der Waals surface area contributed by atoms with Crippen LogP contribution in [0.1, 0.15) is 17.3 Å². The van der Waals surface area contributed by atoms with Gasteiger partial charge in [0.05, 0.1) is 29.4 Å². The second-order valence-electron chi connectivity index (χ2n) is 8.14. The van der Waals surface area contributed by atoms with E-state index in [-0.39, 0.29) is 17.6 Å². The van der Waals surface area contributed by atoms with E-state index in [1.165, 1.54) is 43.8 Å². The second-order valence-corrected chi connectivity index (χ2v) is 9.00. The number of carbonyl (C=O) groups excluding carboxylic acids is 2. The predicted octanol–water partition coefficient (Wildman–Crippen LogP) is 3.96. The molecule has 1 atom stereocenters. The van der Waals surface area contributed by atoms with E-state index in [4.69, 9.17) is 9.47 Å². The van der Waals surface area contributed by atoms with Crippen LogP contribution in [-0.2, 0) is 4.79 Å². The van der Waals surface area contributed by atoms with Gasteiger partial charge in [0, 0.05) is 32.4 Å². The van der Waals surface area contributed by atoms with Gasteiger partial charge >= 0.3 is 0 Å². The van der Waals surface area contributed by atoms with Crippen LogP contribution in [0.2, 0.25) is 0 Å². The number of rotatable bonds is 7. The normalized spacial score (nSPS) is 14.7. The Morgan fingerprint density at radius 3 is 2.33 bits per heavy atom. The number of anilines is 1. The van der Waals surface area contributed by atoms with Crippen LogP contribution in [-0.4, -0.2) is 70.9 Å². The highest BCUT2D eigenvalue weighted by Gasteiger charge is 2.28. The van der Waals surface area contributed by atoms with E-state index in [0.717, 1.165) is 0 Å². The number of nitrogens with zero attached hydrogens (tertiary/aromatic N) is 4. The van der Waals surface area contributed by atoms with E-state index in [0.29, 0.717) is 59.4 Å². The van der Waals surface area contributed by atoms with Crippen LogP contribution in [0, 0.1) is 5.82 Å². The van der Waals surface area contributed by atoms with Crippen molar-refractivity contribution in [2.24, 2.45) is 0 Å². The van der Waals surface area contributed by atoms with E-state index in [1.807, 2.05) is 11.8 Å². The molecule has 0 radical (unpaired) electrons. The van der Waals surface area contributed by atoms with Crippen LogP contribution >= 0.6 is 15.9 Å². The summed E-state index contributed by atoms with van der Waals surface area (Å²) in [5.41, 5.74) is 0.472. The van der Waals surface area contributed by atoms with Crippen molar-refractivity contribution in [3.8, 4) is 17.4 Å². The molecule has 1 N–H and O–H groups in total. The summed E-state index contributed by atoms with van der Waals surface area (Å²) in [4.78, 5) is 37.8. The molecule has 1 aliphatic heterocycles. The molecule has 1 unspecified atom stereocenters. The first kappa shape index (κ1) is 25.5. The van der Waals surface area contributed by atoms with Crippen LogP contribution in [0.4, 0.5) is 10.2 Å². The molecular formula is C25H25BrFN5O4. The number of halogens is 2. The van der Waals surface area contributed by atoms with Gasteiger partial charge in [-0.05, 0) is 65.3 Å². The first-order chi connectivity index (χ1) is 17.3. The summed E-state index contributed by atoms with van der Waals surface area (Å²) in [6.45, 7) is 3.93. The Hall–Kier alpha value is -3.57. The zero-order valence-corrected chi connectivity index (χ0v) is 21.4. The Morgan fingerprint density at radius 1 is 1.03 bits per heavy atom. The maximum atomic E-state index is 13.0. The minimum absolute atomic E-state index is 0.116.